The van der Waals surface area contributed by atoms with E-state index in [0.717, 1.165) is 0 Å². The molecule has 1 unspecified atom stereocenters. The predicted octanol–water partition coefficient (Wildman–Crippen LogP) is 4.59. The van der Waals surface area contributed by atoms with Gasteiger partial charge in [0.15, 0.2) is 0 Å². The van der Waals surface area contributed by atoms with E-state index in [0.29, 0.717) is 42.7 Å². The topological polar surface area (TPSA) is 60.1 Å². The molecule has 0 bridgehead atoms. The molecule has 1 aromatic carbocycles. The molecule has 0 radical (unpaired) electrons. The summed E-state index contributed by atoms with van der Waals surface area (Å²) >= 11 is 0. The minimum atomic E-state index is -4.49. The monoisotopic (exact) mass is 512 g/mol. The van der Waals surface area contributed by atoms with Crippen molar-refractivity contribution in [2.24, 2.45) is 0 Å². The average Bonchev–Trinajstić information content (AvgIpc) is 3.17. The standard InChI is InChI=1S/C24H26F6N6/c1-13-9-16-15(3-4-17-20(16)23(27)34-33-17)21(36(13)12-24(28,29)30)18-5-6-19(22(26)32-18)31-14-10-35(11-14)8-2-7-25/h3-6,13-14,21,31H,2,7-12H2,1H3,(H,33,34)/t13-,21?/m1/s1. The van der Waals surface area contributed by atoms with Gasteiger partial charge in [-0.25, -0.2) is 4.98 Å². The summed E-state index contributed by atoms with van der Waals surface area (Å²) in [6.45, 7) is 1.94. The second-order valence-corrected chi connectivity index (χ2v) is 9.53. The lowest BCUT2D eigenvalue weighted by atomic mass is 9.85. The number of benzene rings is 1. The van der Waals surface area contributed by atoms with Gasteiger partial charge in [0.2, 0.25) is 11.9 Å². The first kappa shape index (κ1) is 24.8. The second kappa shape index (κ2) is 9.55. The maximum Gasteiger partial charge on any atom is 0.401 e. The summed E-state index contributed by atoms with van der Waals surface area (Å²) in [6.07, 6.45) is -3.87. The van der Waals surface area contributed by atoms with Crippen molar-refractivity contribution in [2.75, 3.05) is 38.2 Å². The van der Waals surface area contributed by atoms with Gasteiger partial charge in [0, 0.05) is 25.7 Å². The van der Waals surface area contributed by atoms with E-state index in [1.165, 1.54) is 17.0 Å². The highest BCUT2D eigenvalue weighted by molar-refractivity contribution is 5.84. The molecule has 0 aliphatic carbocycles. The van der Waals surface area contributed by atoms with E-state index in [9.17, 15) is 22.0 Å². The Morgan fingerprint density at radius 3 is 2.58 bits per heavy atom. The quantitative estimate of drug-likeness (QED) is 0.358. The fourth-order valence-electron chi connectivity index (χ4n) is 5.32. The first-order valence-electron chi connectivity index (χ1n) is 11.8. The molecule has 12 heteroatoms. The van der Waals surface area contributed by atoms with Gasteiger partial charge in [-0.3, -0.25) is 19.3 Å². The average molecular weight is 513 g/mol. The molecule has 6 nitrogen and oxygen atoms in total. The van der Waals surface area contributed by atoms with Crippen molar-refractivity contribution < 1.29 is 26.3 Å². The Bertz CT molecular complexity index is 1240. The van der Waals surface area contributed by atoms with E-state index in [-0.39, 0.29) is 35.9 Å². The fourth-order valence-corrected chi connectivity index (χ4v) is 5.32. The van der Waals surface area contributed by atoms with Gasteiger partial charge in [-0.15, -0.1) is 5.10 Å². The van der Waals surface area contributed by atoms with Crippen molar-refractivity contribution >= 4 is 16.6 Å². The lowest BCUT2D eigenvalue weighted by Gasteiger charge is -2.42. The molecule has 5 rings (SSSR count). The minimum Gasteiger partial charge on any atom is -0.376 e. The fraction of sp³-hybridized carbons (Fsp3) is 0.500. The number of anilines is 1. The Labute approximate surface area is 203 Å². The van der Waals surface area contributed by atoms with Gasteiger partial charge in [-0.2, -0.15) is 22.0 Å². The number of hydrogen-bond acceptors (Lipinski definition) is 5. The predicted molar refractivity (Wildman–Crippen MR) is 122 cm³/mol. The summed E-state index contributed by atoms with van der Waals surface area (Å²) in [5.41, 5.74) is 1.69. The molecule has 2 aliphatic heterocycles. The summed E-state index contributed by atoms with van der Waals surface area (Å²) in [5, 5.41) is 9.49. The highest BCUT2D eigenvalue weighted by atomic mass is 19.4. The summed E-state index contributed by atoms with van der Waals surface area (Å²) in [5.74, 6) is -1.55. The number of likely N-dealkylation sites (tertiary alicyclic amines) is 1. The van der Waals surface area contributed by atoms with Crippen molar-refractivity contribution in [2.45, 2.75) is 44.1 Å². The number of pyridine rings is 1. The third-order valence-electron chi connectivity index (χ3n) is 6.96. The summed E-state index contributed by atoms with van der Waals surface area (Å²) in [6, 6.07) is 4.52. The first-order chi connectivity index (χ1) is 17.1. The van der Waals surface area contributed by atoms with Gasteiger partial charge in [0.1, 0.15) is 0 Å². The van der Waals surface area contributed by atoms with Crippen molar-refractivity contribution in [1.29, 1.82) is 0 Å². The number of rotatable bonds is 7. The zero-order chi connectivity index (χ0) is 25.6. The van der Waals surface area contributed by atoms with Gasteiger partial charge in [-0.1, -0.05) is 6.07 Å². The van der Waals surface area contributed by atoms with Crippen LogP contribution in [0.1, 0.15) is 36.2 Å². The lowest BCUT2D eigenvalue weighted by molar-refractivity contribution is -0.155. The van der Waals surface area contributed by atoms with Crippen molar-refractivity contribution in [3.63, 3.8) is 0 Å². The highest BCUT2D eigenvalue weighted by Crippen LogP contribution is 2.42. The Kier molecular flexibility index (Phi) is 6.58. The van der Waals surface area contributed by atoms with Crippen molar-refractivity contribution in [1.82, 2.24) is 25.0 Å². The summed E-state index contributed by atoms with van der Waals surface area (Å²) in [4.78, 5) is 7.34. The Morgan fingerprint density at radius 2 is 1.89 bits per heavy atom. The largest absolute Gasteiger partial charge is 0.401 e. The van der Waals surface area contributed by atoms with Crippen LogP contribution in [0.3, 0.4) is 0 Å². The van der Waals surface area contributed by atoms with Crippen LogP contribution in [-0.2, 0) is 6.42 Å². The number of H-pyrrole nitrogens is 1. The third-order valence-corrected chi connectivity index (χ3v) is 6.96. The van der Waals surface area contributed by atoms with Crippen molar-refractivity contribution in [3.05, 3.63) is 53.0 Å². The molecule has 2 aromatic heterocycles. The van der Waals surface area contributed by atoms with Crippen LogP contribution in [0.25, 0.3) is 10.9 Å². The van der Waals surface area contributed by atoms with Gasteiger partial charge >= 0.3 is 6.18 Å². The summed E-state index contributed by atoms with van der Waals surface area (Å²) in [7, 11) is 0. The number of aromatic nitrogens is 3. The number of halogens is 6. The van der Waals surface area contributed by atoms with Crippen molar-refractivity contribution in [3.8, 4) is 0 Å². The molecular formula is C24H26F6N6. The van der Waals surface area contributed by atoms with Crippen LogP contribution in [0.15, 0.2) is 24.3 Å². The molecule has 2 atom stereocenters. The molecule has 4 heterocycles. The molecule has 194 valence electrons. The smallest absolute Gasteiger partial charge is 0.376 e. The number of hydrogen-bond donors (Lipinski definition) is 2. The Hall–Kier alpha value is -2.86. The van der Waals surface area contributed by atoms with E-state index in [1.54, 1.807) is 19.1 Å². The van der Waals surface area contributed by atoms with E-state index in [2.05, 4.69) is 20.5 Å². The van der Waals surface area contributed by atoms with Gasteiger partial charge < -0.3 is 5.32 Å². The Morgan fingerprint density at radius 1 is 1.11 bits per heavy atom. The van der Waals surface area contributed by atoms with Crippen LogP contribution in [-0.4, -0.2) is 76.1 Å². The molecule has 3 aromatic rings. The second-order valence-electron chi connectivity index (χ2n) is 9.53. The maximum absolute atomic E-state index is 15.1. The molecule has 0 saturated carbocycles. The number of aromatic amines is 1. The van der Waals surface area contributed by atoms with Crippen LogP contribution in [0.2, 0.25) is 0 Å². The van der Waals surface area contributed by atoms with E-state index in [1.807, 2.05) is 4.90 Å². The van der Waals surface area contributed by atoms with Crippen LogP contribution in [0, 0.1) is 11.9 Å². The number of alkyl halides is 4. The van der Waals surface area contributed by atoms with Crippen LogP contribution in [0.4, 0.5) is 32.0 Å². The molecule has 0 spiro atoms. The Balaban J connectivity index is 1.47. The molecule has 0 amide bonds. The zero-order valence-corrected chi connectivity index (χ0v) is 19.5. The number of nitrogens with one attached hydrogen (secondary N) is 2. The van der Waals surface area contributed by atoms with E-state index < -0.39 is 36.7 Å². The first-order valence-corrected chi connectivity index (χ1v) is 11.8. The lowest BCUT2D eigenvalue weighted by Crippen LogP contribution is -2.55. The minimum absolute atomic E-state index is 0.0266. The molecule has 2 N–H and O–H groups in total. The van der Waals surface area contributed by atoms with E-state index in [4.69, 9.17) is 0 Å². The third kappa shape index (κ3) is 4.75. The highest BCUT2D eigenvalue weighted by Gasteiger charge is 2.42. The van der Waals surface area contributed by atoms with Crippen LogP contribution < -0.4 is 5.32 Å². The number of fused-ring (bicyclic) bond motifs is 3. The SMILES string of the molecule is C[C@@H]1Cc2c(ccc3[nH]nc(F)c23)C(c2ccc(NC3CN(CCCF)C3)c(F)n2)N1CC(F)(F)F. The van der Waals surface area contributed by atoms with Gasteiger partial charge in [-0.05, 0) is 49.1 Å². The summed E-state index contributed by atoms with van der Waals surface area (Å²) < 4.78 is 82.5. The molecule has 2 aliphatic rings. The zero-order valence-electron chi connectivity index (χ0n) is 19.5. The van der Waals surface area contributed by atoms with Gasteiger partial charge in [0.25, 0.3) is 0 Å². The molecule has 1 fully saturated rings. The van der Waals surface area contributed by atoms with Crippen LogP contribution in [0.5, 0.6) is 0 Å². The maximum atomic E-state index is 15.1. The molecular weight excluding hydrogens is 486 g/mol. The van der Waals surface area contributed by atoms with Crippen LogP contribution >= 0.6 is 0 Å². The van der Waals surface area contributed by atoms with E-state index >= 15 is 4.39 Å². The normalized spacial score (nSPS) is 21.5. The molecule has 36 heavy (non-hydrogen) atoms. The number of nitrogens with zero attached hydrogens (tertiary/aromatic N) is 4. The molecule has 1 saturated heterocycles. The van der Waals surface area contributed by atoms with Gasteiger partial charge in [0.05, 0.1) is 47.6 Å².